The van der Waals surface area contributed by atoms with Crippen LogP contribution in [0.25, 0.3) is 0 Å². The molecule has 0 unspecified atom stereocenters. The van der Waals surface area contributed by atoms with Gasteiger partial charge in [0.25, 0.3) is 0 Å². The van der Waals surface area contributed by atoms with Gasteiger partial charge in [-0.05, 0) is 46.1 Å². The van der Waals surface area contributed by atoms with E-state index in [2.05, 4.69) is 0 Å². The number of aliphatic hydroxyl groups is 1. The van der Waals surface area contributed by atoms with Gasteiger partial charge in [0.2, 0.25) is 11.6 Å². The Bertz CT molecular complexity index is 1370. The van der Waals surface area contributed by atoms with Crippen LogP contribution in [-0.2, 0) is 47.7 Å². The van der Waals surface area contributed by atoms with Crippen molar-refractivity contribution in [1.29, 1.82) is 0 Å². The van der Waals surface area contributed by atoms with Crippen molar-refractivity contribution in [3.63, 3.8) is 0 Å². The van der Waals surface area contributed by atoms with Gasteiger partial charge < -0.3 is 28.8 Å². The van der Waals surface area contributed by atoms with Crippen LogP contribution in [0, 0.1) is 35.0 Å². The van der Waals surface area contributed by atoms with Crippen molar-refractivity contribution >= 4 is 29.5 Å². The zero-order valence-electron chi connectivity index (χ0n) is 24.8. The molecule has 11 heteroatoms. The van der Waals surface area contributed by atoms with Gasteiger partial charge in [0, 0.05) is 48.0 Å². The minimum Gasteiger partial charge on any atom is -0.462 e. The Morgan fingerprint density at radius 1 is 1.10 bits per heavy atom. The first kappa shape index (κ1) is 28.2. The molecule has 2 saturated carbocycles. The summed E-state index contributed by atoms with van der Waals surface area (Å²) in [4.78, 5) is 66.3. The van der Waals surface area contributed by atoms with E-state index in [4.69, 9.17) is 23.7 Å². The Kier molecular flexibility index (Phi) is 5.56. The average Bonchev–Trinajstić information content (AvgIpc) is 3.50. The molecule has 42 heavy (non-hydrogen) atoms. The molecule has 1 N–H and O–H groups in total. The first-order valence-corrected chi connectivity index (χ1v) is 15.0. The standard InChI is InChI=1S/C31H38O11/c1-13-9-16(39-26(13)36)21-14(2)24(34)28(6)7-8-29-12-30-18(27(4,5)40-19(30)11-20(33)41-30)10-17(38-15(3)32)22(29)25(35)31(37,42-29)23(21)28/h9,14,16-19,21-23,37H,7-8,10-12H2,1-6H3/t14-,16+,17-,18-,19+,21+,22-,23-,28-,29-,30+,31-/m0/s1. The first-order valence-electron chi connectivity index (χ1n) is 15.0. The monoisotopic (exact) mass is 586 g/mol. The summed E-state index contributed by atoms with van der Waals surface area (Å²) >= 11 is 0. The Hall–Kier alpha value is -2.63. The molecule has 0 amide bonds. The molecule has 2 bridgehead atoms. The fourth-order valence-corrected chi connectivity index (χ4v) is 10.3. The molecule has 5 aliphatic heterocycles. The summed E-state index contributed by atoms with van der Waals surface area (Å²) in [5, 5.41) is 12.5. The fourth-order valence-electron chi connectivity index (χ4n) is 10.3. The van der Waals surface area contributed by atoms with Gasteiger partial charge in [-0.3, -0.25) is 19.2 Å². The normalized spacial score (nSPS) is 51.9. The van der Waals surface area contributed by atoms with Gasteiger partial charge in [0.1, 0.15) is 29.7 Å². The van der Waals surface area contributed by atoms with Gasteiger partial charge in [-0.15, -0.1) is 0 Å². The highest BCUT2D eigenvalue weighted by atomic mass is 16.7. The van der Waals surface area contributed by atoms with Crippen molar-refractivity contribution in [2.75, 3.05) is 0 Å². The van der Waals surface area contributed by atoms with E-state index < -0.39 is 99.6 Å². The molecule has 5 heterocycles. The van der Waals surface area contributed by atoms with Crippen molar-refractivity contribution in [2.45, 2.75) is 115 Å². The molecule has 4 saturated heterocycles. The Balaban J connectivity index is 1.39. The molecule has 11 nitrogen and oxygen atoms in total. The Morgan fingerprint density at radius 2 is 1.81 bits per heavy atom. The van der Waals surface area contributed by atoms with E-state index in [1.807, 2.05) is 13.8 Å². The second-order valence-electron chi connectivity index (χ2n) is 14.5. The minimum absolute atomic E-state index is 0.0360. The number of hydrogen-bond acceptors (Lipinski definition) is 11. The number of carbonyl (C=O) groups is 5. The molecule has 2 spiro atoms. The summed E-state index contributed by atoms with van der Waals surface area (Å²) in [6.45, 7) is 10.2. The highest BCUT2D eigenvalue weighted by Gasteiger charge is 2.81. The molecule has 6 fully saturated rings. The van der Waals surface area contributed by atoms with E-state index in [0.29, 0.717) is 5.57 Å². The third-order valence-corrected chi connectivity index (χ3v) is 11.8. The number of carbonyl (C=O) groups excluding carboxylic acids is 5. The summed E-state index contributed by atoms with van der Waals surface area (Å²) in [5.41, 5.74) is -4.12. The zero-order valence-corrected chi connectivity index (χ0v) is 24.8. The van der Waals surface area contributed by atoms with Crippen LogP contribution in [-0.4, -0.2) is 75.5 Å². The van der Waals surface area contributed by atoms with Gasteiger partial charge in [-0.25, -0.2) is 4.79 Å². The van der Waals surface area contributed by atoms with E-state index >= 15 is 0 Å². The molecular formula is C31H38O11. The molecule has 2 aliphatic carbocycles. The van der Waals surface area contributed by atoms with Crippen LogP contribution >= 0.6 is 0 Å². The number of rotatable bonds is 2. The van der Waals surface area contributed by atoms with Crippen LogP contribution in [0.2, 0.25) is 0 Å². The van der Waals surface area contributed by atoms with Crippen molar-refractivity contribution in [3.05, 3.63) is 11.6 Å². The number of hydrogen-bond donors (Lipinski definition) is 1. The second-order valence-corrected chi connectivity index (χ2v) is 14.5. The maximum atomic E-state index is 14.7. The predicted octanol–water partition coefficient (Wildman–Crippen LogP) is 1.96. The molecule has 12 atom stereocenters. The summed E-state index contributed by atoms with van der Waals surface area (Å²) in [7, 11) is 0. The lowest BCUT2D eigenvalue weighted by Gasteiger charge is -2.41. The van der Waals surface area contributed by atoms with Crippen LogP contribution < -0.4 is 0 Å². The van der Waals surface area contributed by atoms with Gasteiger partial charge in [-0.1, -0.05) is 13.8 Å². The third-order valence-electron chi connectivity index (χ3n) is 11.8. The summed E-state index contributed by atoms with van der Waals surface area (Å²) in [6.07, 6.45) is -0.0696. The van der Waals surface area contributed by atoms with E-state index in [9.17, 15) is 29.1 Å². The molecule has 0 aromatic carbocycles. The topological polar surface area (TPSA) is 152 Å². The largest absolute Gasteiger partial charge is 0.462 e. The van der Waals surface area contributed by atoms with Crippen LogP contribution in [0.4, 0.5) is 0 Å². The number of Topliss-reactive ketones (excluding diaryl/α,β-unsaturated/α-hetero) is 2. The maximum absolute atomic E-state index is 14.7. The highest BCUT2D eigenvalue weighted by molar-refractivity contribution is 5.97. The van der Waals surface area contributed by atoms with Crippen LogP contribution in [0.5, 0.6) is 0 Å². The van der Waals surface area contributed by atoms with Gasteiger partial charge in [0.15, 0.2) is 0 Å². The molecule has 0 radical (unpaired) electrons. The van der Waals surface area contributed by atoms with Crippen LogP contribution in [0.1, 0.15) is 73.6 Å². The molecule has 0 aromatic rings. The van der Waals surface area contributed by atoms with E-state index in [-0.39, 0.29) is 37.9 Å². The molecule has 7 rings (SSSR count). The number of ether oxygens (including phenoxy) is 5. The lowest BCUT2D eigenvalue weighted by molar-refractivity contribution is -0.265. The fraction of sp³-hybridized carbons (Fsp3) is 0.774. The lowest BCUT2D eigenvalue weighted by atomic mass is 9.62. The Morgan fingerprint density at radius 3 is 2.45 bits per heavy atom. The van der Waals surface area contributed by atoms with Crippen molar-refractivity contribution < 1.29 is 52.8 Å². The maximum Gasteiger partial charge on any atom is 0.334 e. The third kappa shape index (κ3) is 3.30. The number of cyclic esters (lactones) is 1. The van der Waals surface area contributed by atoms with Gasteiger partial charge >= 0.3 is 17.9 Å². The van der Waals surface area contributed by atoms with Gasteiger partial charge in [0.05, 0.1) is 23.5 Å². The second kappa shape index (κ2) is 8.30. The van der Waals surface area contributed by atoms with Crippen molar-refractivity contribution in [3.8, 4) is 0 Å². The SMILES string of the molecule is CC(=O)O[C@H]1C[C@H]2C(C)(C)O[C@@H]3CC(=O)O[C@@]32C[C@]23CC[C@]4(C)C(=O)[C@@H](C)[C@H]([C@H]5C=C(C)C(=O)O5)[C@@H]4[C@](O)(O2)C(=O)[C@H]13. The van der Waals surface area contributed by atoms with Gasteiger partial charge in [-0.2, -0.15) is 0 Å². The van der Waals surface area contributed by atoms with Crippen molar-refractivity contribution in [1.82, 2.24) is 0 Å². The number of ketones is 2. The lowest BCUT2D eigenvalue weighted by Crippen LogP contribution is -2.55. The van der Waals surface area contributed by atoms with E-state index in [0.717, 1.165) is 0 Å². The molecule has 228 valence electrons. The van der Waals surface area contributed by atoms with E-state index in [1.165, 1.54) is 6.92 Å². The summed E-state index contributed by atoms with van der Waals surface area (Å²) in [6, 6.07) is 0. The predicted molar refractivity (Wildman–Crippen MR) is 140 cm³/mol. The highest BCUT2D eigenvalue weighted by Crippen LogP contribution is 2.68. The quantitative estimate of drug-likeness (QED) is 0.373. The van der Waals surface area contributed by atoms with E-state index in [1.54, 1.807) is 26.8 Å². The molecule has 7 aliphatic rings. The minimum atomic E-state index is -2.44. The number of esters is 3. The Labute approximate surface area is 243 Å². The molecule has 0 aromatic heterocycles. The zero-order chi connectivity index (χ0) is 30.4. The summed E-state index contributed by atoms with van der Waals surface area (Å²) < 4.78 is 30.7. The summed E-state index contributed by atoms with van der Waals surface area (Å²) in [5.74, 6) is -8.62. The average molecular weight is 587 g/mol. The molecular weight excluding hydrogens is 548 g/mol. The number of fused-ring (bicyclic) bond motifs is 3. The first-order chi connectivity index (χ1) is 19.5. The van der Waals surface area contributed by atoms with Crippen molar-refractivity contribution in [2.24, 2.45) is 35.0 Å². The smallest absolute Gasteiger partial charge is 0.334 e. The van der Waals surface area contributed by atoms with Crippen LogP contribution in [0.3, 0.4) is 0 Å². The van der Waals surface area contributed by atoms with Crippen LogP contribution in [0.15, 0.2) is 11.6 Å².